The highest BCUT2D eigenvalue weighted by atomic mass is 32.1. The van der Waals surface area contributed by atoms with Crippen LogP contribution in [0.25, 0.3) is 11.1 Å². The van der Waals surface area contributed by atoms with E-state index in [1.807, 2.05) is 0 Å². The third kappa shape index (κ3) is 1.81. The van der Waals surface area contributed by atoms with Crippen LogP contribution in [0.2, 0.25) is 0 Å². The van der Waals surface area contributed by atoms with E-state index in [4.69, 9.17) is 5.73 Å². The first-order valence-electron chi connectivity index (χ1n) is 6.19. The van der Waals surface area contributed by atoms with E-state index in [-0.39, 0.29) is 0 Å². The zero-order chi connectivity index (χ0) is 11.8. The van der Waals surface area contributed by atoms with Gasteiger partial charge in [-0.2, -0.15) is 0 Å². The molecule has 1 heterocycles. The average Bonchev–Trinajstić information content (AvgIpc) is 2.93. The van der Waals surface area contributed by atoms with E-state index < -0.39 is 0 Å². The summed E-state index contributed by atoms with van der Waals surface area (Å²) < 4.78 is 0. The van der Waals surface area contributed by atoms with E-state index in [0.29, 0.717) is 6.54 Å². The highest BCUT2D eigenvalue weighted by molar-refractivity contribution is 7.10. The van der Waals surface area contributed by atoms with E-state index in [1.165, 1.54) is 52.0 Å². The molecule has 0 spiro atoms. The standard InChI is InChI=1S/C15H17NS/c1-10-15(14(8-16)9-17-10)13-6-5-11-3-2-4-12(11)7-13/h5-7,9H,2-4,8,16H2,1H3. The van der Waals surface area contributed by atoms with E-state index in [2.05, 4.69) is 30.5 Å². The number of aryl methyl sites for hydroxylation is 3. The molecule has 1 aromatic heterocycles. The van der Waals surface area contributed by atoms with Gasteiger partial charge in [0.25, 0.3) is 0 Å². The lowest BCUT2D eigenvalue weighted by Crippen LogP contribution is -1.97. The van der Waals surface area contributed by atoms with Gasteiger partial charge in [-0.3, -0.25) is 0 Å². The molecule has 0 amide bonds. The molecule has 88 valence electrons. The van der Waals surface area contributed by atoms with Crippen LogP contribution in [-0.2, 0) is 19.4 Å². The first-order valence-corrected chi connectivity index (χ1v) is 7.07. The summed E-state index contributed by atoms with van der Waals surface area (Å²) in [6.45, 7) is 2.82. The molecule has 0 saturated carbocycles. The maximum Gasteiger partial charge on any atom is 0.0192 e. The third-order valence-electron chi connectivity index (χ3n) is 3.66. The van der Waals surface area contributed by atoms with Crippen LogP contribution in [0.15, 0.2) is 23.6 Å². The van der Waals surface area contributed by atoms with Gasteiger partial charge >= 0.3 is 0 Å². The van der Waals surface area contributed by atoms with E-state index in [9.17, 15) is 0 Å². The van der Waals surface area contributed by atoms with Crippen molar-refractivity contribution in [3.05, 3.63) is 45.1 Å². The molecule has 1 aliphatic rings. The van der Waals surface area contributed by atoms with Crippen LogP contribution in [-0.4, -0.2) is 0 Å². The Morgan fingerprint density at radius 1 is 1.24 bits per heavy atom. The van der Waals surface area contributed by atoms with Gasteiger partial charge < -0.3 is 5.73 Å². The van der Waals surface area contributed by atoms with Gasteiger partial charge in [0.15, 0.2) is 0 Å². The van der Waals surface area contributed by atoms with Gasteiger partial charge in [0, 0.05) is 11.4 Å². The Labute approximate surface area is 106 Å². The molecule has 2 heteroatoms. The first kappa shape index (κ1) is 11.0. The predicted molar refractivity (Wildman–Crippen MR) is 74.4 cm³/mol. The molecule has 1 aliphatic carbocycles. The molecule has 0 saturated heterocycles. The highest BCUT2D eigenvalue weighted by Crippen LogP contribution is 2.34. The van der Waals surface area contributed by atoms with Crippen LogP contribution in [0, 0.1) is 6.92 Å². The molecule has 0 aliphatic heterocycles. The Kier molecular flexibility index (Phi) is 2.77. The zero-order valence-corrected chi connectivity index (χ0v) is 10.9. The summed E-state index contributed by atoms with van der Waals surface area (Å²) in [5.74, 6) is 0. The second-order valence-corrected chi connectivity index (χ2v) is 5.82. The van der Waals surface area contributed by atoms with Crippen molar-refractivity contribution in [3.63, 3.8) is 0 Å². The third-order valence-corrected chi connectivity index (χ3v) is 4.62. The van der Waals surface area contributed by atoms with Crippen LogP contribution in [0.1, 0.15) is 28.0 Å². The Morgan fingerprint density at radius 3 is 2.88 bits per heavy atom. The van der Waals surface area contributed by atoms with Gasteiger partial charge in [0.1, 0.15) is 0 Å². The highest BCUT2D eigenvalue weighted by Gasteiger charge is 2.14. The van der Waals surface area contributed by atoms with E-state index in [0.717, 1.165) is 0 Å². The number of fused-ring (bicyclic) bond motifs is 1. The minimum atomic E-state index is 0.636. The number of thiophene rings is 1. The Bertz CT molecular complexity index is 554. The Balaban J connectivity index is 2.12. The molecule has 0 radical (unpaired) electrons. The maximum absolute atomic E-state index is 5.82. The lowest BCUT2D eigenvalue weighted by molar-refractivity contribution is 0.912. The molecule has 1 nitrogen and oxygen atoms in total. The molecule has 0 bridgehead atoms. The molecule has 17 heavy (non-hydrogen) atoms. The monoisotopic (exact) mass is 243 g/mol. The number of nitrogens with two attached hydrogens (primary N) is 1. The van der Waals surface area contributed by atoms with Gasteiger partial charge in [0.2, 0.25) is 0 Å². The molecule has 0 fully saturated rings. The van der Waals surface area contributed by atoms with E-state index >= 15 is 0 Å². The molecule has 0 unspecified atom stereocenters. The summed E-state index contributed by atoms with van der Waals surface area (Å²) in [5.41, 5.74) is 12.9. The van der Waals surface area contributed by atoms with Crippen LogP contribution >= 0.6 is 11.3 Å². The van der Waals surface area contributed by atoms with Crippen molar-refractivity contribution in [3.8, 4) is 11.1 Å². The fourth-order valence-corrected chi connectivity index (χ4v) is 3.67. The minimum Gasteiger partial charge on any atom is -0.326 e. The number of hydrogen-bond donors (Lipinski definition) is 1. The summed E-state index contributed by atoms with van der Waals surface area (Å²) in [6, 6.07) is 6.93. The number of hydrogen-bond acceptors (Lipinski definition) is 2. The van der Waals surface area contributed by atoms with Crippen LogP contribution < -0.4 is 5.73 Å². The van der Waals surface area contributed by atoms with Crippen molar-refractivity contribution < 1.29 is 0 Å². The maximum atomic E-state index is 5.82. The zero-order valence-electron chi connectivity index (χ0n) is 10.1. The van der Waals surface area contributed by atoms with Gasteiger partial charge in [-0.25, -0.2) is 0 Å². The van der Waals surface area contributed by atoms with Crippen molar-refractivity contribution in [2.75, 3.05) is 0 Å². The SMILES string of the molecule is Cc1scc(CN)c1-c1ccc2c(c1)CCC2. The molecule has 3 rings (SSSR count). The van der Waals surface area contributed by atoms with Gasteiger partial charge in [-0.05, 0) is 59.4 Å². The van der Waals surface area contributed by atoms with Crippen molar-refractivity contribution in [2.24, 2.45) is 5.73 Å². The normalized spacial score (nSPS) is 14.0. The van der Waals surface area contributed by atoms with Crippen LogP contribution in [0.4, 0.5) is 0 Å². The second-order valence-electron chi connectivity index (χ2n) is 4.73. The Morgan fingerprint density at radius 2 is 2.06 bits per heavy atom. The second kappa shape index (κ2) is 4.28. The molecule has 2 N–H and O–H groups in total. The lowest BCUT2D eigenvalue weighted by atomic mass is 9.98. The first-order chi connectivity index (χ1) is 8.29. The summed E-state index contributed by atoms with van der Waals surface area (Å²) in [5, 5.41) is 2.19. The van der Waals surface area contributed by atoms with E-state index in [1.54, 1.807) is 11.3 Å². The quantitative estimate of drug-likeness (QED) is 0.855. The fourth-order valence-electron chi connectivity index (χ4n) is 2.77. The minimum absolute atomic E-state index is 0.636. The summed E-state index contributed by atoms with van der Waals surface area (Å²) >= 11 is 1.80. The fraction of sp³-hybridized carbons (Fsp3) is 0.333. The molecular formula is C15H17NS. The molecular weight excluding hydrogens is 226 g/mol. The predicted octanol–water partition coefficient (Wildman–Crippen LogP) is 3.67. The topological polar surface area (TPSA) is 26.0 Å². The van der Waals surface area contributed by atoms with Crippen LogP contribution in [0.3, 0.4) is 0 Å². The average molecular weight is 243 g/mol. The molecule has 2 aromatic rings. The van der Waals surface area contributed by atoms with Gasteiger partial charge in [0.05, 0.1) is 0 Å². The van der Waals surface area contributed by atoms with Crippen molar-refractivity contribution in [1.82, 2.24) is 0 Å². The van der Waals surface area contributed by atoms with Gasteiger partial charge in [-0.15, -0.1) is 11.3 Å². The van der Waals surface area contributed by atoms with Crippen molar-refractivity contribution in [2.45, 2.75) is 32.7 Å². The number of rotatable bonds is 2. The van der Waals surface area contributed by atoms with Gasteiger partial charge in [-0.1, -0.05) is 18.2 Å². The van der Waals surface area contributed by atoms with Crippen molar-refractivity contribution >= 4 is 11.3 Å². The summed E-state index contributed by atoms with van der Waals surface area (Å²) in [4.78, 5) is 1.38. The molecule has 1 aromatic carbocycles. The van der Waals surface area contributed by atoms with Crippen molar-refractivity contribution in [1.29, 1.82) is 0 Å². The summed E-state index contributed by atoms with van der Waals surface area (Å²) in [7, 11) is 0. The smallest absolute Gasteiger partial charge is 0.0192 e. The number of benzene rings is 1. The molecule has 0 atom stereocenters. The Hall–Kier alpha value is -1.12. The summed E-state index contributed by atoms with van der Waals surface area (Å²) in [6.07, 6.45) is 3.80. The lowest BCUT2D eigenvalue weighted by Gasteiger charge is -2.07. The largest absolute Gasteiger partial charge is 0.326 e. The van der Waals surface area contributed by atoms with Crippen LogP contribution in [0.5, 0.6) is 0 Å².